The average Bonchev–Trinajstić information content (AvgIpc) is 2.54. The van der Waals surface area contributed by atoms with Crippen LogP contribution in [0.15, 0.2) is 40.0 Å². The van der Waals surface area contributed by atoms with E-state index in [4.69, 9.17) is 4.18 Å². The summed E-state index contributed by atoms with van der Waals surface area (Å²) in [7, 11) is -4.76. The Labute approximate surface area is 155 Å². The highest BCUT2D eigenvalue weighted by Gasteiger charge is 2.14. The SMILES string of the molecule is CC(C)Cn1nc(-c2ccc(S(C)=O)cc2)cc(COS(C)(=O)=O)c1=O. The normalized spacial score (nSPS) is 13.1. The smallest absolute Gasteiger partial charge is 0.267 e. The molecular formula is C17H22N2O5S2. The topological polar surface area (TPSA) is 95.3 Å². The van der Waals surface area contributed by atoms with Crippen molar-refractivity contribution in [1.29, 1.82) is 0 Å². The Hall–Kier alpha value is -1.84. The molecule has 1 atom stereocenters. The van der Waals surface area contributed by atoms with Gasteiger partial charge in [-0.3, -0.25) is 13.2 Å². The second kappa shape index (κ2) is 8.24. The highest BCUT2D eigenvalue weighted by atomic mass is 32.2. The van der Waals surface area contributed by atoms with E-state index in [-0.39, 0.29) is 23.6 Å². The van der Waals surface area contributed by atoms with E-state index in [1.165, 1.54) is 10.7 Å². The number of aromatic nitrogens is 2. The van der Waals surface area contributed by atoms with Crippen molar-refractivity contribution in [2.24, 2.45) is 5.92 Å². The summed E-state index contributed by atoms with van der Waals surface area (Å²) in [6.07, 6.45) is 2.53. The predicted octanol–water partition coefficient (Wildman–Crippen LogP) is 1.78. The fourth-order valence-corrected chi connectivity index (χ4v) is 3.16. The van der Waals surface area contributed by atoms with Gasteiger partial charge in [-0.05, 0) is 24.1 Å². The molecule has 0 saturated heterocycles. The largest absolute Gasteiger partial charge is 0.272 e. The van der Waals surface area contributed by atoms with Crippen LogP contribution in [0, 0.1) is 5.92 Å². The first-order valence-corrected chi connectivity index (χ1v) is 11.3. The third-order valence-corrected chi connectivity index (χ3v) is 4.98. The summed E-state index contributed by atoms with van der Waals surface area (Å²) in [6.45, 7) is 3.97. The quantitative estimate of drug-likeness (QED) is 0.660. The summed E-state index contributed by atoms with van der Waals surface area (Å²) in [6, 6.07) is 8.53. The van der Waals surface area contributed by atoms with Gasteiger partial charge >= 0.3 is 0 Å². The molecular weight excluding hydrogens is 376 g/mol. The van der Waals surface area contributed by atoms with Crippen LogP contribution in [0.1, 0.15) is 19.4 Å². The van der Waals surface area contributed by atoms with Gasteiger partial charge in [0.05, 0.1) is 18.6 Å². The van der Waals surface area contributed by atoms with Crippen LogP contribution in [0.4, 0.5) is 0 Å². The molecule has 0 N–H and O–H groups in total. The second-order valence-corrected chi connectivity index (χ2v) is 9.40. The monoisotopic (exact) mass is 398 g/mol. The lowest BCUT2D eigenvalue weighted by Crippen LogP contribution is -2.29. The van der Waals surface area contributed by atoms with Crippen LogP contribution in [0.2, 0.25) is 0 Å². The number of benzene rings is 1. The van der Waals surface area contributed by atoms with E-state index < -0.39 is 20.9 Å². The van der Waals surface area contributed by atoms with Crippen molar-refractivity contribution in [3.05, 3.63) is 46.2 Å². The zero-order valence-corrected chi connectivity index (χ0v) is 16.8. The molecule has 2 aromatic rings. The van der Waals surface area contributed by atoms with E-state index in [9.17, 15) is 17.4 Å². The number of nitrogens with zero attached hydrogens (tertiary/aromatic N) is 2. The fraction of sp³-hybridized carbons (Fsp3) is 0.412. The van der Waals surface area contributed by atoms with Crippen molar-refractivity contribution >= 4 is 20.9 Å². The van der Waals surface area contributed by atoms with Crippen molar-refractivity contribution in [2.75, 3.05) is 12.5 Å². The average molecular weight is 399 g/mol. The molecule has 2 rings (SSSR count). The van der Waals surface area contributed by atoms with Crippen molar-refractivity contribution in [3.63, 3.8) is 0 Å². The molecule has 0 saturated carbocycles. The summed E-state index contributed by atoms with van der Waals surface area (Å²) in [5, 5.41) is 4.39. The van der Waals surface area contributed by atoms with Crippen LogP contribution in [0.5, 0.6) is 0 Å². The van der Waals surface area contributed by atoms with Crippen LogP contribution in [0.25, 0.3) is 11.3 Å². The molecule has 0 bridgehead atoms. The summed E-state index contributed by atoms with van der Waals surface area (Å²) >= 11 is 0. The van der Waals surface area contributed by atoms with Gasteiger partial charge in [0.1, 0.15) is 0 Å². The van der Waals surface area contributed by atoms with Gasteiger partial charge in [-0.15, -0.1) is 0 Å². The van der Waals surface area contributed by atoms with E-state index in [1.807, 2.05) is 13.8 Å². The number of hydrogen-bond acceptors (Lipinski definition) is 6. The van der Waals surface area contributed by atoms with E-state index in [0.717, 1.165) is 11.8 Å². The lowest BCUT2D eigenvalue weighted by Gasteiger charge is -2.12. The van der Waals surface area contributed by atoms with E-state index in [1.54, 1.807) is 30.5 Å². The van der Waals surface area contributed by atoms with E-state index in [2.05, 4.69) is 5.10 Å². The Morgan fingerprint density at radius 2 is 1.85 bits per heavy atom. The van der Waals surface area contributed by atoms with Gasteiger partial charge in [0.15, 0.2) is 0 Å². The molecule has 1 heterocycles. The Balaban J connectivity index is 2.50. The maximum atomic E-state index is 12.5. The first-order valence-electron chi connectivity index (χ1n) is 7.96. The Morgan fingerprint density at radius 1 is 1.23 bits per heavy atom. The van der Waals surface area contributed by atoms with Gasteiger partial charge < -0.3 is 0 Å². The van der Waals surface area contributed by atoms with Crippen molar-refractivity contribution in [2.45, 2.75) is 31.9 Å². The van der Waals surface area contributed by atoms with Crippen LogP contribution in [-0.2, 0) is 38.3 Å². The van der Waals surface area contributed by atoms with Crippen LogP contribution < -0.4 is 5.56 Å². The molecule has 7 nitrogen and oxygen atoms in total. The van der Waals surface area contributed by atoms with Crippen LogP contribution >= 0.6 is 0 Å². The molecule has 0 radical (unpaired) electrons. The third kappa shape index (κ3) is 5.58. The number of hydrogen-bond donors (Lipinski definition) is 0. The molecule has 26 heavy (non-hydrogen) atoms. The Kier molecular flexibility index (Phi) is 6.48. The maximum absolute atomic E-state index is 12.5. The van der Waals surface area contributed by atoms with Gasteiger partial charge in [-0.1, -0.05) is 26.0 Å². The minimum Gasteiger partial charge on any atom is -0.267 e. The van der Waals surface area contributed by atoms with Gasteiger partial charge in [0, 0.05) is 39.6 Å². The molecule has 0 aliphatic rings. The molecule has 0 fully saturated rings. The highest BCUT2D eigenvalue weighted by Crippen LogP contribution is 2.19. The summed E-state index contributed by atoms with van der Waals surface area (Å²) < 4.78 is 40.2. The summed E-state index contributed by atoms with van der Waals surface area (Å²) in [4.78, 5) is 13.2. The zero-order chi connectivity index (χ0) is 19.5. The maximum Gasteiger partial charge on any atom is 0.272 e. The molecule has 142 valence electrons. The predicted molar refractivity (Wildman–Crippen MR) is 101 cm³/mol. The van der Waals surface area contributed by atoms with Gasteiger partial charge in [-0.2, -0.15) is 13.5 Å². The Bertz CT molecular complexity index is 964. The summed E-state index contributed by atoms with van der Waals surface area (Å²) in [5.74, 6) is 0.184. The first-order chi connectivity index (χ1) is 12.1. The molecule has 0 spiro atoms. The van der Waals surface area contributed by atoms with E-state index in [0.29, 0.717) is 17.1 Å². The molecule has 0 aliphatic carbocycles. The standard InChI is InChI=1S/C17H22N2O5S2/c1-12(2)10-19-17(20)14(11-24-26(4,22)23)9-16(18-19)13-5-7-15(8-6-13)25(3)21/h5-9,12H,10-11H2,1-4H3. The summed E-state index contributed by atoms with van der Waals surface area (Å²) in [5.41, 5.74) is 1.09. The van der Waals surface area contributed by atoms with Gasteiger partial charge in [-0.25, -0.2) is 4.68 Å². The first kappa shape index (κ1) is 20.5. The van der Waals surface area contributed by atoms with Crippen LogP contribution in [-0.4, -0.2) is 34.9 Å². The minimum absolute atomic E-state index is 0.184. The van der Waals surface area contributed by atoms with Gasteiger partial charge in [0.2, 0.25) is 0 Å². The van der Waals surface area contributed by atoms with Crippen LogP contribution in [0.3, 0.4) is 0 Å². The molecule has 1 aromatic heterocycles. The molecule has 1 aromatic carbocycles. The van der Waals surface area contributed by atoms with E-state index >= 15 is 0 Å². The zero-order valence-electron chi connectivity index (χ0n) is 15.1. The lowest BCUT2D eigenvalue weighted by atomic mass is 10.1. The fourth-order valence-electron chi connectivity index (χ4n) is 2.30. The van der Waals surface area contributed by atoms with Gasteiger partial charge in [0.25, 0.3) is 15.7 Å². The third-order valence-electron chi connectivity index (χ3n) is 3.50. The van der Waals surface area contributed by atoms with Crippen molar-refractivity contribution in [1.82, 2.24) is 9.78 Å². The number of rotatable bonds is 7. The van der Waals surface area contributed by atoms with Crippen molar-refractivity contribution in [3.8, 4) is 11.3 Å². The molecule has 0 amide bonds. The lowest BCUT2D eigenvalue weighted by molar-refractivity contribution is 0.307. The minimum atomic E-state index is -3.67. The van der Waals surface area contributed by atoms with Crippen molar-refractivity contribution < 1.29 is 16.8 Å². The highest BCUT2D eigenvalue weighted by molar-refractivity contribution is 7.86. The molecule has 9 heteroatoms. The molecule has 0 aliphatic heterocycles. The Morgan fingerprint density at radius 3 is 2.35 bits per heavy atom. The second-order valence-electron chi connectivity index (χ2n) is 6.38. The molecule has 1 unspecified atom stereocenters.